The third kappa shape index (κ3) is 18.1. The van der Waals surface area contributed by atoms with Gasteiger partial charge in [0.25, 0.3) is 0 Å². The van der Waals surface area contributed by atoms with Gasteiger partial charge in [0.15, 0.2) is 0 Å². The Morgan fingerprint density at radius 3 is 1.31 bits per heavy atom. The monoisotopic (exact) mass is 196 g/mol. The minimum absolute atomic E-state index is 0. The molecule has 6 N–H and O–H groups in total. The van der Waals surface area contributed by atoms with Crippen LogP contribution >= 0.6 is 0 Å². The number of rotatable bonds is 6. The van der Waals surface area contributed by atoms with Crippen molar-refractivity contribution in [2.45, 2.75) is 32.1 Å². The average Bonchev–Trinajstić information content (AvgIpc) is 1.85. The maximum atomic E-state index is 9.98. The predicted molar refractivity (Wildman–Crippen MR) is 45.6 cm³/mol. The molecular formula is C7H16O6. The van der Waals surface area contributed by atoms with E-state index in [2.05, 4.69) is 0 Å². The standard InChI is InChI=1S/C7H12O4.2H2O/c8-6(9)4-2-1-3-5-7(10)11;;/h1-5H2,(H,8,9)(H,10,11);2*1H2. The van der Waals surface area contributed by atoms with Gasteiger partial charge in [0.05, 0.1) is 0 Å². The second kappa shape index (κ2) is 10.9. The molecule has 6 heteroatoms. The van der Waals surface area contributed by atoms with Gasteiger partial charge in [0, 0.05) is 12.8 Å². The zero-order valence-corrected chi connectivity index (χ0v) is 7.25. The molecule has 0 aliphatic rings. The van der Waals surface area contributed by atoms with Gasteiger partial charge >= 0.3 is 11.9 Å². The second-order valence-electron chi connectivity index (χ2n) is 2.35. The van der Waals surface area contributed by atoms with Crippen LogP contribution in [-0.2, 0) is 9.59 Å². The summed E-state index contributed by atoms with van der Waals surface area (Å²) >= 11 is 0. The second-order valence-corrected chi connectivity index (χ2v) is 2.35. The van der Waals surface area contributed by atoms with E-state index in [-0.39, 0.29) is 23.8 Å². The fraction of sp³-hybridized carbons (Fsp3) is 0.714. The Kier molecular flexibility index (Phi) is 14.9. The molecule has 0 aliphatic heterocycles. The van der Waals surface area contributed by atoms with Gasteiger partial charge in [-0.25, -0.2) is 0 Å². The highest BCUT2D eigenvalue weighted by Gasteiger charge is 1.98. The summed E-state index contributed by atoms with van der Waals surface area (Å²) in [6, 6.07) is 0. The van der Waals surface area contributed by atoms with Gasteiger partial charge in [-0.3, -0.25) is 9.59 Å². The number of unbranched alkanes of at least 4 members (excludes halogenated alkanes) is 2. The molecule has 80 valence electrons. The zero-order chi connectivity index (χ0) is 8.69. The SMILES string of the molecule is O.O.O=C(O)CCCCCC(=O)O. The molecule has 0 spiro atoms. The molecular weight excluding hydrogens is 180 g/mol. The van der Waals surface area contributed by atoms with Gasteiger partial charge in [0.2, 0.25) is 0 Å². The van der Waals surface area contributed by atoms with Crippen LogP contribution in [0.3, 0.4) is 0 Å². The van der Waals surface area contributed by atoms with Crippen molar-refractivity contribution in [1.29, 1.82) is 0 Å². The van der Waals surface area contributed by atoms with Crippen LogP contribution in [0.15, 0.2) is 0 Å². The molecule has 0 radical (unpaired) electrons. The number of aliphatic carboxylic acids is 2. The molecule has 6 nitrogen and oxygen atoms in total. The van der Waals surface area contributed by atoms with Crippen molar-refractivity contribution in [1.82, 2.24) is 0 Å². The zero-order valence-electron chi connectivity index (χ0n) is 7.25. The third-order valence-corrected chi connectivity index (χ3v) is 1.28. The van der Waals surface area contributed by atoms with E-state index in [1.54, 1.807) is 0 Å². The van der Waals surface area contributed by atoms with Crippen molar-refractivity contribution < 1.29 is 30.8 Å². The summed E-state index contributed by atoms with van der Waals surface area (Å²) in [6.45, 7) is 0. The van der Waals surface area contributed by atoms with Gasteiger partial charge in [-0.1, -0.05) is 6.42 Å². The molecule has 13 heavy (non-hydrogen) atoms. The van der Waals surface area contributed by atoms with Gasteiger partial charge in [-0.2, -0.15) is 0 Å². The fourth-order valence-corrected chi connectivity index (χ4v) is 0.729. The summed E-state index contributed by atoms with van der Waals surface area (Å²) in [5.41, 5.74) is 0. The Balaban J connectivity index is -0.000000500. The van der Waals surface area contributed by atoms with Crippen molar-refractivity contribution in [3.8, 4) is 0 Å². The molecule has 0 rings (SSSR count). The van der Waals surface area contributed by atoms with Crippen molar-refractivity contribution in [2.75, 3.05) is 0 Å². The predicted octanol–water partition coefficient (Wildman–Crippen LogP) is -0.543. The lowest BCUT2D eigenvalue weighted by atomic mass is 10.1. The first-order valence-corrected chi connectivity index (χ1v) is 3.56. The maximum absolute atomic E-state index is 9.98. The number of hydrogen-bond acceptors (Lipinski definition) is 2. The minimum Gasteiger partial charge on any atom is -0.481 e. The van der Waals surface area contributed by atoms with Crippen molar-refractivity contribution in [3.05, 3.63) is 0 Å². The maximum Gasteiger partial charge on any atom is 0.303 e. The van der Waals surface area contributed by atoms with Crippen LogP contribution in [0, 0.1) is 0 Å². The summed E-state index contributed by atoms with van der Waals surface area (Å²) < 4.78 is 0. The molecule has 0 heterocycles. The van der Waals surface area contributed by atoms with Gasteiger partial charge in [0.1, 0.15) is 0 Å². The third-order valence-electron chi connectivity index (χ3n) is 1.28. The van der Waals surface area contributed by atoms with Crippen LogP contribution in [0.25, 0.3) is 0 Å². The van der Waals surface area contributed by atoms with Crippen LogP contribution in [0.1, 0.15) is 32.1 Å². The van der Waals surface area contributed by atoms with Gasteiger partial charge in [-0.15, -0.1) is 0 Å². The molecule has 0 bridgehead atoms. The molecule has 0 unspecified atom stereocenters. The van der Waals surface area contributed by atoms with Crippen molar-refractivity contribution in [3.63, 3.8) is 0 Å². The molecule has 0 aromatic carbocycles. The van der Waals surface area contributed by atoms with E-state index in [1.165, 1.54) is 0 Å². The molecule has 0 atom stereocenters. The molecule has 0 saturated heterocycles. The van der Waals surface area contributed by atoms with E-state index in [4.69, 9.17) is 10.2 Å². The van der Waals surface area contributed by atoms with E-state index in [0.717, 1.165) is 0 Å². The van der Waals surface area contributed by atoms with Crippen LogP contribution in [0.4, 0.5) is 0 Å². The number of carbonyl (C=O) groups is 2. The molecule has 0 aromatic heterocycles. The first-order chi connectivity index (χ1) is 5.13. The van der Waals surface area contributed by atoms with E-state index in [1.807, 2.05) is 0 Å². The van der Waals surface area contributed by atoms with Crippen LogP contribution in [0.5, 0.6) is 0 Å². The number of carboxylic acids is 2. The minimum atomic E-state index is -0.819. The highest BCUT2D eigenvalue weighted by atomic mass is 16.4. The fourth-order valence-electron chi connectivity index (χ4n) is 0.729. The van der Waals surface area contributed by atoms with E-state index in [0.29, 0.717) is 19.3 Å². The average molecular weight is 196 g/mol. The van der Waals surface area contributed by atoms with E-state index < -0.39 is 11.9 Å². The Labute approximate surface area is 75.8 Å². The normalized spacial score (nSPS) is 8.00. The Morgan fingerprint density at radius 2 is 1.08 bits per heavy atom. The van der Waals surface area contributed by atoms with Crippen LogP contribution in [-0.4, -0.2) is 33.1 Å². The first kappa shape index (κ1) is 17.8. The highest BCUT2D eigenvalue weighted by molar-refractivity contribution is 5.67. The highest BCUT2D eigenvalue weighted by Crippen LogP contribution is 2.02. The summed E-state index contributed by atoms with van der Waals surface area (Å²) in [5.74, 6) is -1.64. The quantitative estimate of drug-likeness (QED) is 0.550. The van der Waals surface area contributed by atoms with E-state index in [9.17, 15) is 9.59 Å². The van der Waals surface area contributed by atoms with Crippen molar-refractivity contribution in [2.24, 2.45) is 0 Å². The summed E-state index contributed by atoms with van der Waals surface area (Å²) in [7, 11) is 0. The molecule has 0 aliphatic carbocycles. The van der Waals surface area contributed by atoms with Crippen LogP contribution in [0.2, 0.25) is 0 Å². The number of hydrogen-bond donors (Lipinski definition) is 2. The lowest BCUT2D eigenvalue weighted by Gasteiger charge is -1.94. The summed E-state index contributed by atoms with van der Waals surface area (Å²) in [4.78, 5) is 20.0. The lowest BCUT2D eigenvalue weighted by molar-refractivity contribution is -0.137. The number of carboxylic acid groups (broad SMARTS) is 2. The summed E-state index contributed by atoms with van der Waals surface area (Å²) in [5, 5.41) is 16.4. The van der Waals surface area contributed by atoms with Gasteiger partial charge < -0.3 is 21.2 Å². The Hall–Kier alpha value is -1.14. The molecule has 0 aromatic rings. The molecule has 0 amide bonds. The molecule has 0 saturated carbocycles. The van der Waals surface area contributed by atoms with Crippen LogP contribution < -0.4 is 0 Å². The van der Waals surface area contributed by atoms with E-state index >= 15 is 0 Å². The molecule has 0 fully saturated rings. The van der Waals surface area contributed by atoms with Crippen molar-refractivity contribution >= 4 is 11.9 Å². The Bertz CT molecular complexity index is 128. The Morgan fingerprint density at radius 1 is 0.769 bits per heavy atom. The largest absolute Gasteiger partial charge is 0.481 e. The lowest BCUT2D eigenvalue weighted by Crippen LogP contribution is -1.96. The van der Waals surface area contributed by atoms with Gasteiger partial charge in [-0.05, 0) is 12.8 Å². The topological polar surface area (TPSA) is 138 Å². The summed E-state index contributed by atoms with van der Waals surface area (Å²) in [6.07, 6.45) is 2.10. The smallest absolute Gasteiger partial charge is 0.303 e. The first-order valence-electron chi connectivity index (χ1n) is 3.56.